The molecule has 1 aromatic carbocycles. The van der Waals surface area contributed by atoms with E-state index in [9.17, 15) is 4.21 Å². The Labute approximate surface area is 130 Å². The summed E-state index contributed by atoms with van der Waals surface area (Å²) in [5.41, 5.74) is 1.12. The molecular formula is C16H27N3OS. The van der Waals surface area contributed by atoms with Crippen LogP contribution in [-0.2, 0) is 16.6 Å². The van der Waals surface area contributed by atoms with Crippen LogP contribution in [0.3, 0.4) is 0 Å². The van der Waals surface area contributed by atoms with E-state index < -0.39 is 10.8 Å². The van der Waals surface area contributed by atoms with Gasteiger partial charge in [0, 0.05) is 42.4 Å². The van der Waals surface area contributed by atoms with Crippen LogP contribution in [0.5, 0.6) is 0 Å². The first kappa shape index (κ1) is 17.7. The van der Waals surface area contributed by atoms with E-state index in [0.717, 1.165) is 24.5 Å². The Hall–Kier alpha value is -1.36. The first-order valence-corrected chi connectivity index (χ1v) is 9.08. The second-order valence-corrected chi connectivity index (χ2v) is 6.48. The minimum atomic E-state index is -0.843. The van der Waals surface area contributed by atoms with Crippen LogP contribution in [0.4, 0.5) is 0 Å². The second-order valence-electron chi connectivity index (χ2n) is 4.91. The average molecular weight is 309 g/mol. The number of aliphatic imine (C=N–C) groups is 1. The summed E-state index contributed by atoms with van der Waals surface area (Å²) < 4.78 is 12.0. The molecule has 0 aromatic heterocycles. The van der Waals surface area contributed by atoms with Gasteiger partial charge in [0.1, 0.15) is 0 Å². The lowest BCUT2D eigenvalue weighted by Gasteiger charge is -2.11. The van der Waals surface area contributed by atoms with E-state index in [1.165, 1.54) is 12.8 Å². The molecule has 0 saturated carbocycles. The molecule has 0 aliphatic carbocycles. The maximum absolute atomic E-state index is 12.0. The zero-order chi connectivity index (χ0) is 15.3. The van der Waals surface area contributed by atoms with E-state index in [0.29, 0.717) is 18.1 Å². The minimum Gasteiger partial charge on any atom is -0.356 e. The lowest BCUT2D eigenvalue weighted by Crippen LogP contribution is -2.39. The highest BCUT2D eigenvalue weighted by Gasteiger charge is 2.02. The summed E-state index contributed by atoms with van der Waals surface area (Å²) in [4.78, 5) is 4.16. The Kier molecular flexibility index (Phi) is 9.53. The van der Waals surface area contributed by atoms with Gasteiger partial charge in [-0.05, 0) is 12.0 Å². The molecule has 1 aromatic rings. The first-order chi connectivity index (χ1) is 10.3. The molecule has 0 aliphatic rings. The van der Waals surface area contributed by atoms with E-state index >= 15 is 0 Å². The van der Waals surface area contributed by atoms with Crippen LogP contribution in [0.1, 0.15) is 31.7 Å². The van der Waals surface area contributed by atoms with Gasteiger partial charge in [0.15, 0.2) is 5.96 Å². The summed E-state index contributed by atoms with van der Waals surface area (Å²) in [6, 6.07) is 9.96. The molecule has 2 N–H and O–H groups in total. The van der Waals surface area contributed by atoms with E-state index in [2.05, 4.69) is 22.5 Å². The molecule has 4 nitrogen and oxygen atoms in total. The van der Waals surface area contributed by atoms with Crippen LogP contribution < -0.4 is 10.6 Å². The zero-order valence-corrected chi connectivity index (χ0v) is 13.9. The molecule has 0 fully saturated rings. The molecule has 0 aliphatic heterocycles. The molecule has 0 heterocycles. The van der Waals surface area contributed by atoms with Crippen LogP contribution in [0, 0.1) is 0 Å². The number of rotatable bonds is 9. The number of hydrogen-bond acceptors (Lipinski definition) is 2. The van der Waals surface area contributed by atoms with Gasteiger partial charge in [0.2, 0.25) is 0 Å². The third-order valence-corrected chi connectivity index (χ3v) is 4.40. The Balaban J connectivity index is 2.17. The fourth-order valence-corrected chi connectivity index (χ4v) is 2.96. The van der Waals surface area contributed by atoms with Crippen molar-refractivity contribution in [3.63, 3.8) is 0 Å². The smallest absolute Gasteiger partial charge is 0.191 e. The minimum absolute atomic E-state index is 0.616. The molecule has 1 rings (SSSR count). The van der Waals surface area contributed by atoms with Gasteiger partial charge in [0.25, 0.3) is 0 Å². The number of hydrogen-bond donors (Lipinski definition) is 2. The van der Waals surface area contributed by atoms with Crippen LogP contribution >= 0.6 is 0 Å². The summed E-state index contributed by atoms with van der Waals surface area (Å²) in [6.45, 7) is 3.79. The largest absolute Gasteiger partial charge is 0.356 e. The van der Waals surface area contributed by atoms with Gasteiger partial charge < -0.3 is 10.6 Å². The monoisotopic (exact) mass is 309 g/mol. The van der Waals surface area contributed by atoms with E-state index in [1.54, 1.807) is 7.05 Å². The van der Waals surface area contributed by atoms with Gasteiger partial charge in [-0.1, -0.05) is 50.1 Å². The predicted octanol–water partition coefficient (Wildman–Crippen LogP) is 2.29. The lowest BCUT2D eigenvalue weighted by molar-refractivity contribution is 0.677. The van der Waals surface area contributed by atoms with Crippen LogP contribution in [0.25, 0.3) is 0 Å². The fraction of sp³-hybridized carbons (Fsp3) is 0.562. The SMILES string of the molecule is CCCCCNC(=NC)NCCS(=O)Cc1ccccc1. The normalized spacial score (nSPS) is 13.0. The lowest BCUT2D eigenvalue weighted by atomic mass is 10.2. The van der Waals surface area contributed by atoms with Gasteiger partial charge in [-0.2, -0.15) is 0 Å². The molecule has 0 bridgehead atoms. The van der Waals surface area contributed by atoms with Crippen LogP contribution in [0.2, 0.25) is 0 Å². The van der Waals surface area contributed by atoms with Crippen molar-refractivity contribution in [2.45, 2.75) is 31.9 Å². The van der Waals surface area contributed by atoms with E-state index in [4.69, 9.17) is 0 Å². The Bertz CT molecular complexity index is 434. The number of unbranched alkanes of at least 4 members (excludes halogenated alkanes) is 2. The molecule has 21 heavy (non-hydrogen) atoms. The average Bonchev–Trinajstić information content (AvgIpc) is 2.50. The van der Waals surface area contributed by atoms with Gasteiger partial charge in [-0.25, -0.2) is 0 Å². The maximum Gasteiger partial charge on any atom is 0.191 e. The van der Waals surface area contributed by atoms with Gasteiger partial charge in [0.05, 0.1) is 0 Å². The highest BCUT2D eigenvalue weighted by molar-refractivity contribution is 7.84. The number of nitrogens with zero attached hydrogens (tertiary/aromatic N) is 1. The second kappa shape index (κ2) is 11.3. The van der Waals surface area contributed by atoms with Crippen molar-refractivity contribution in [1.82, 2.24) is 10.6 Å². The molecular weight excluding hydrogens is 282 g/mol. The summed E-state index contributed by atoms with van der Waals surface area (Å²) in [5.74, 6) is 2.04. The third-order valence-electron chi connectivity index (χ3n) is 3.09. The van der Waals surface area contributed by atoms with Gasteiger partial charge in [-0.3, -0.25) is 9.20 Å². The summed E-state index contributed by atoms with van der Waals surface area (Å²) in [7, 11) is 0.917. The Morgan fingerprint density at radius 2 is 1.86 bits per heavy atom. The topological polar surface area (TPSA) is 53.5 Å². The van der Waals surface area contributed by atoms with Crippen molar-refractivity contribution < 1.29 is 4.21 Å². The number of guanidine groups is 1. The molecule has 118 valence electrons. The third kappa shape index (κ3) is 8.50. The van der Waals surface area contributed by atoms with Crippen molar-refractivity contribution in [3.05, 3.63) is 35.9 Å². The van der Waals surface area contributed by atoms with Gasteiger partial charge >= 0.3 is 0 Å². The molecule has 0 amide bonds. The first-order valence-electron chi connectivity index (χ1n) is 7.59. The Morgan fingerprint density at radius 1 is 1.14 bits per heavy atom. The van der Waals surface area contributed by atoms with Crippen molar-refractivity contribution >= 4 is 16.8 Å². The quantitative estimate of drug-likeness (QED) is 0.418. The molecule has 0 spiro atoms. The fourth-order valence-electron chi connectivity index (χ4n) is 1.92. The standard InChI is InChI=1S/C16H27N3OS/c1-3-4-8-11-18-16(17-2)19-12-13-21(20)14-15-9-6-5-7-10-15/h5-7,9-10H,3-4,8,11-14H2,1-2H3,(H2,17,18,19). The molecule has 5 heteroatoms. The number of nitrogens with one attached hydrogen (secondary N) is 2. The maximum atomic E-state index is 12.0. The molecule has 0 saturated heterocycles. The van der Waals surface area contributed by atoms with Gasteiger partial charge in [-0.15, -0.1) is 0 Å². The Morgan fingerprint density at radius 3 is 2.52 bits per heavy atom. The van der Waals surface area contributed by atoms with Crippen molar-refractivity contribution in [3.8, 4) is 0 Å². The van der Waals surface area contributed by atoms with Crippen molar-refractivity contribution in [2.24, 2.45) is 4.99 Å². The highest BCUT2D eigenvalue weighted by Crippen LogP contribution is 2.02. The molecule has 0 radical (unpaired) electrons. The van der Waals surface area contributed by atoms with E-state index in [-0.39, 0.29) is 0 Å². The van der Waals surface area contributed by atoms with Crippen molar-refractivity contribution in [1.29, 1.82) is 0 Å². The molecule has 1 atom stereocenters. The zero-order valence-electron chi connectivity index (χ0n) is 13.1. The summed E-state index contributed by atoms with van der Waals surface area (Å²) >= 11 is 0. The van der Waals surface area contributed by atoms with E-state index in [1.807, 2.05) is 30.3 Å². The molecule has 1 unspecified atom stereocenters. The summed E-state index contributed by atoms with van der Waals surface area (Å²) in [5, 5.41) is 6.48. The number of benzene rings is 1. The highest BCUT2D eigenvalue weighted by atomic mass is 32.2. The predicted molar refractivity (Wildman–Crippen MR) is 92.0 cm³/mol. The summed E-state index contributed by atoms with van der Waals surface area (Å²) in [6.07, 6.45) is 3.59. The van der Waals surface area contributed by atoms with Crippen LogP contribution in [0.15, 0.2) is 35.3 Å². The van der Waals surface area contributed by atoms with Crippen molar-refractivity contribution in [2.75, 3.05) is 25.9 Å². The van der Waals surface area contributed by atoms with Crippen LogP contribution in [-0.4, -0.2) is 36.1 Å².